The molecule has 0 aliphatic heterocycles. The van der Waals surface area contributed by atoms with Crippen molar-refractivity contribution in [3.05, 3.63) is 119 Å². The Hall–Kier alpha value is -3.97. The highest BCUT2D eigenvalue weighted by molar-refractivity contribution is 7.92. The lowest BCUT2D eigenvalue weighted by Crippen LogP contribution is -2.15. The van der Waals surface area contributed by atoms with Crippen molar-refractivity contribution in [1.82, 2.24) is 4.98 Å². The fraction of sp³-hybridized carbons (Fsp3) is 0.111. The summed E-state index contributed by atoms with van der Waals surface area (Å²) in [6.45, 7) is 3.66. The Morgan fingerprint density at radius 2 is 1.47 bits per heavy atom. The number of benzene rings is 3. The van der Waals surface area contributed by atoms with Crippen LogP contribution in [0.3, 0.4) is 0 Å². The number of carbonyl (C=O) groups excluding carboxylic acids is 1. The molecular formula is C27H25N3O3S. The van der Waals surface area contributed by atoms with Gasteiger partial charge in [0, 0.05) is 23.6 Å². The molecule has 2 N–H and O–H groups in total. The molecule has 0 aliphatic rings. The maximum atomic E-state index is 12.7. The minimum absolute atomic E-state index is 0.187. The van der Waals surface area contributed by atoms with Crippen LogP contribution in [0.25, 0.3) is 0 Å². The van der Waals surface area contributed by atoms with E-state index in [1.165, 1.54) is 5.56 Å². The molecule has 1 amide bonds. The van der Waals surface area contributed by atoms with E-state index in [4.69, 9.17) is 0 Å². The number of anilines is 2. The van der Waals surface area contributed by atoms with E-state index < -0.39 is 10.0 Å². The van der Waals surface area contributed by atoms with Crippen LogP contribution in [0, 0.1) is 13.8 Å². The SMILES string of the molecule is Cc1ccc(S(=O)(=O)Nc2ccc(C(=O)Nc3ccc(Cc4ccncc4)cc3)cc2C)cc1. The molecule has 4 rings (SSSR count). The number of nitrogens with one attached hydrogen (secondary N) is 2. The Morgan fingerprint density at radius 3 is 2.12 bits per heavy atom. The molecule has 0 saturated heterocycles. The third-order valence-electron chi connectivity index (χ3n) is 5.43. The van der Waals surface area contributed by atoms with Gasteiger partial charge in [-0.1, -0.05) is 29.8 Å². The molecule has 0 fully saturated rings. The molecule has 3 aromatic carbocycles. The average molecular weight is 472 g/mol. The summed E-state index contributed by atoms with van der Waals surface area (Å²) < 4.78 is 27.9. The molecule has 0 spiro atoms. The second kappa shape index (κ2) is 9.89. The molecular weight excluding hydrogens is 446 g/mol. The summed E-state index contributed by atoms with van der Waals surface area (Å²) in [5, 5.41) is 2.89. The third kappa shape index (κ3) is 5.68. The van der Waals surface area contributed by atoms with Gasteiger partial charge >= 0.3 is 0 Å². The molecule has 0 saturated carbocycles. The normalized spacial score (nSPS) is 11.1. The fourth-order valence-electron chi connectivity index (χ4n) is 3.49. The number of hydrogen-bond donors (Lipinski definition) is 2. The molecule has 7 heteroatoms. The van der Waals surface area contributed by atoms with E-state index in [-0.39, 0.29) is 10.8 Å². The number of pyridine rings is 1. The number of aryl methyl sites for hydroxylation is 2. The first-order valence-electron chi connectivity index (χ1n) is 10.8. The standard InChI is InChI=1S/C27H25N3O3S/c1-19-3-10-25(11-4-19)34(32,33)30-26-12-7-23(17-20(26)2)27(31)29-24-8-5-21(6-9-24)18-22-13-15-28-16-14-22/h3-17,30H,18H2,1-2H3,(H,29,31). The molecule has 6 nitrogen and oxygen atoms in total. The van der Waals surface area contributed by atoms with Crippen molar-refractivity contribution < 1.29 is 13.2 Å². The Kier molecular flexibility index (Phi) is 6.75. The maximum Gasteiger partial charge on any atom is 0.261 e. The molecule has 172 valence electrons. The zero-order valence-corrected chi connectivity index (χ0v) is 19.8. The monoisotopic (exact) mass is 471 g/mol. The predicted octanol–water partition coefficient (Wildman–Crippen LogP) is 5.34. The average Bonchev–Trinajstić information content (AvgIpc) is 2.82. The Bertz CT molecular complexity index is 1400. The van der Waals surface area contributed by atoms with Crippen LogP contribution in [-0.2, 0) is 16.4 Å². The highest BCUT2D eigenvalue weighted by atomic mass is 32.2. The van der Waals surface area contributed by atoms with E-state index in [9.17, 15) is 13.2 Å². The van der Waals surface area contributed by atoms with Gasteiger partial charge in [-0.2, -0.15) is 0 Å². The van der Waals surface area contributed by atoms with E-state index in [1.807, 2.05) is 43.3 Å². The third-order valence-corrected chi connectivity index (χ3v) is 6.82. The van der Waals surface area contributed by atoms with Crippen LogP contribution in [0.5, 0.6) is 0 Å². The minimum atomic E-state index is -3.72. The first kappa shape index (κ1) is 23.2. The minimum Gasteiger partial charge on any atom is -0.322 e. The Morgan fingerprint density at radius 1 is 0.824 bits per heavy atom. The van der Waals surface area contributed by atoms with E-state index in [1.54, 1.807) is 61.8 Å². The largest absolute Gasteiger partial charge is 0.322 e. The number of amides is 1. The van der Waals surface area contributed by atoms with Gasteiger partial charge in [-0.05, 0) is 91.6 Å². The highest BCUT2D eigenvalue weighted by Crippen LogP contribution is 2.22. The van der Waals surface area contributed by atoms with E-state index in [0.717, 1.165) is 17.5 Å². The summed E-state index contributed by atoms with van der Waals surface area (Å²) in [6.07, 6.45) is 4.32. The van der Waals surface area contributed by atoms with Gasteiger partial charge in [0.1, 0.15) is 0 Å². The predicted molar refractivity (Wildman–Crippen MR) is 135 cm³/mol. The van der Waals surface area contributed by atoms with Gasteiger partial charge in [-0.25, -0.2) is 8.42 Å². The van der Waals surface area contributed by atoms with Gasteiger partial charge in [-0.15, -0.1) is 0 Å². The molecule has 1 heterocycles. The molecule has 1 aromatic heterocycles. The van der Waals surface area contributed by atoms with Crippen LogP contribution in [0.2, 0.25) is 0 Å². The first-order valence-corrected chi connectivity index (χ1v) is 12.3. The number of nitrogens with zero attached hydrogens (tertiary/aromatic N) is 1. The molecule has 0 bridgehead atoms. The lowest BCUT2D eigenvalue weighted by Gasteiger charge is -2.12. The van der Waals surface area contributed by atoms with Gasteiger partial charge in [0.15, 0.2) is 0 Å². The summed E-state index contributed by atoms with van der Waals surface area (Å²) in [7, 11) is -3.72. The lowest BCUT2D eigenvalue weighted by atomic mass is 10.1. The molecule has 34 heavy (non-hydrogen) atoms. The van der Waals surface area contributed by atoms with Crippen LogP contribution in [0.4, 0.5) is 11.4 Å². The summed E-state index contributed by atoms with van der Waals surface area (Å²) in [5.74, 6) is -0.266. The van der Waals surface area contributed by atoms with Gasteiger partial charge in [0.2, 0.25) is 0 Å². The Labute approximate surface area is 199 Å². The maximum absolute atomic E-state index is 12.7. The second-order valence-corrected chi connectivity index (χ2v) is 9.81. The number of sulfonamides is 1. The topological polar surface area (TPSA) is 88.2 Å². The van der Waals surface area contributed by atoms with Crippen LogP contribution in [0.15, 0.2) is 96.2 Å². The highest BCUT2D eigenvalue weighted by Gasteiger charge is 2.16. The number of aromatic nitrogens is 1. The molecule has 0 radical (unpaired) electrons. The van der Waals surface area contributed by atoms with Crippen molar-refractivity contribution in [3.63, 3.8) is 0 Å². The summed E-state index contributed by atoms with van der Waals surface area (Å²) in [6, 6.07) is 23.1. The number of carbonyl (C=O) groups is 1. The fourth-order valence-corrected chi connectivity index (χ4v) is 4.62. The van der Waals surface area contributed by atoms with E-state index in [2.05, 4.69) is 15.0 Å². The van der Waals surface area contributed by atoms with Crippen molar-refractivity contribution in [3.8, 4) is 0 Å². The summed E-state index contributed by atoms with van der Waals surface area (Å²) in [4.78, 5) is 16.9. The van der Waals surface area contributed by atoms with E-state index >= 15 is 0 Å². The van der Waals surface area contributed by atoms with Crippen molar-refractivity contribution in [2.75, 3.05) is 10.0 Å². The zero-order valence-electron chi connectivity index (χ0n) is 18.9. The van der Waals surface area contributed by atoms with Crippen LogP contribution >= 0.6 is 0 Å². The second-order valence-electron chi connectivity index (χ2n) is 8.13. The first-order chi connectivity index (χ1) is 16.3. The van der Waals surface area contributed by atoms with Crippen molar-refractivity contribution in [2.24, 2.45) is 0 Å². The quantitative estimate of drug-likeness (QED) is 0.381. The van der Waals surface area contributed by atoms with Crippen molar-refractivity contribution in [2.45, 2.75) is 25.2 Å². The van der Waals surface area contributed by atoms with Crippen LogP contribution in [-0.4, -0.2) is 19.3 Å². The van der Waals surface area contributed by atoms with Crippen LogP contribution in [0.1, 0.15) is 32.6 Å². The zero-order chi connectivity index (χ0) is 24.1. The Balaban J connectivity index is 1.42. The summed E-state index contributed by atoms with van der Waals surface area (Å²) >= 11 is 0. The van der Waals surface area contributed by atoms with Gasteiger partial charge < -0.3 is 5.32 Å². The number of hydrogen-bond acceptors (Lipinski definition) is 4. The van der Waals surface area contributed by atoms with Gasteiger partial charge in [0.05, 0.1) is 10.6 Å². The molecule has 0 aliphatic carbocycles. The van der Waals surface area contributed by atoms with Gasteiger partial charge in [0.25, 0.3) is 15.9 Å². The van der Waals surface area contributed by atoms with E-state index in [0.29, 0.717) is 22.5 Å². The lowest BCUT2D eigenvalue weighted by molar-refractivity contribution is 0.102. The smallest absolute Gasteiger partial charge is 0.261 e. The summed E-state index contributed by atoms with van der Waals surface area (Å²) in [5.41, 5.74) is 5.48. The van der Waals surface area contributed by atoms with Gasteiger partial charge in [-0.3, -0.25) is 14.5 Å². The molecule has 0 atom stereocenters. The number of rotatable bonds is 7. The van der Waals surface area contributed by atoms with Crippen LogP contribution < -0.4 is 10.0 Å². The molecule has 4 aromatic rings. The van der Waals surface area contributed by atoms with Crippen molar-refractivity contribution >= 4 is 27.3 Å². The van der Waals surface area contributed by atoms with Crippen molar-refractivity contribution in [1.29, 1.82) is 0 Å². The molecule has 0 unspecified atom stereocenters.